The lowest BCUT2D eigenvalue weighted by molar-refractivity contribution is -0.354. The summed E-state index contributed by atoms with van der Waals surface area (Å²) >= 11 is 0. The molecule has 1 aromatic heterocycles. The summed E-state index contributed by atoms with van der Waals surface area (Å²) in [5.74, 6) is -3.08. The maximum atomic E-state index is 14.0. The van der Waals surface area contributed by atoms with Crippen molar-refractivity contribution in [3.05, 3.63) is 82.5 Å². The third kappa shape index (κ3) is 7.92. The van der Waals surface area contributed by atoms with Gasteiger partial charge in [-0.1, -0.05) is 12.1 Å². The van der Waals surface area contributed by atoms with Crippen LogP contribution in [0.15, 0.2) is 76.0 Å². The Labute approximate surface area is 299 Å². The van der Waals surface area contributed by atoms with Crippen LogP contribution in [0.5, 0.6) is 28.7 Å². The third-order valence-electron chi connectivity index (χ3n) is 8.72. The minimum absolute atomic E-state index is 0.0198. The number of phenolic OH excluding ortho intramolecular Hbond substituents is 4. The Morgan fingerprint density at radius 1 is 0.774 bits per heavy atom. The van der Waals surface area contributed by atoms with Crippen LogP contribution in [0.4, 0.5) is 0 Å². The molecule has 0 amide bonds. The quantitative estimate of drug-likeness (QED) is 0.0838. The molecule has 0 aliphatic carbocycles. The number of fused-ring (bicyclic) bond motifs is 1. The van der Waals surface area contributed by atoms with Crippen molar-refractivity contribution in [1.29, 1.82) is 0 Å². The number of aromatic hydroxyl groups is 4. The van der Waals surface area contributed by atoms with E-state index < -0.39 is 102 Å². The SMILES string of the molecule is CC1OC(OC2C(Oc3c(-c4ccc(O)cc4)oc4cc(O)cc(O)c4c3=O)OC(COC(=O)C=Cc3ccc(O)cc3)C(O)C2O)C(O)C(O)C1O. The Morgan fingerprint density at radius 2 is 1.43 bits per heavy atom. The van der Waals surface area contributed by atoms with E-state index in [0.717, 1.165) is 18.2 Å². The number of esters is 1. The monoisotopic (exact) mass is 740 g/mol. The molecule has 2 fully saturated rings. The van der Waals surface area contributed by atoms with Gasteiger partial charge in [-0.15, -0.1) is 0 Å². The molecule has 3 aromatic carbocycles. The lowest BCUT2D eigenvalue weighted by Crippen LogP contribution is -2.64. The van der Waals surface area contributed by atoms with Crippen LogP contribution < -0.4 is 10.2 Å². The second-order valence-electron chi connectivity index (χ2n) is 12.5. The molecular formula is C36H36O17. The summed E-state index contributed by atoms with van der Waals surface area (Å²) in [6.45, 7) is 0.701. The molecule has 2 aliphatic heterocycles. The molecule has 0 radical (unpaired) electrons. The highest BCUT2D eigenvalue weighted by molar-refractivity contribution is 5.88. The molecule has 282 valence electrons. The van der Waals surface area contributed by atoms with Gasteiger partial charge >= 0.3 is 5.97 Å². The number of rotatable bonds is 9. The van der Waals surface area contributed by atoms with E-state index in [1.165, 1.54) is 61.5 Å². The van der Waals surface area contributed by atoms with Crippen molar-refractivity contribution in [2.24, 2.45) is 0 Å². The van der Waals surface area contributed by atoms with Crippen LogP contribution in [0.2, 0.25) is 0 Å². The molecule has 17 nitrogen and oxygen atoms in total. The fraction of sp³-hybridized carbons (Fsp3) is 0.333. The van der Waals surface area contributed by atoms with E-state index in [1.807, 2.05) is 0 Å². The summed E-state index contributed by atoms with van der Waals surface area (Å²) < 4.78 is 34.5. The molecule has 10 atom stereocenters. The van der Waals surface area contributed by atoms with E-state index >= 15 is 0 Å². The Bertz CT molecular complexity index is 2010. The predicted octanol–water partition coefficient (Wildman–Crippen LogP) is 0.577. The van der Waals surface area contributed by atoms with Gasteiger partial charge < -0.3 is 74.1 Å². The molecule has 3 heterocycles. The van der Waals surface area contributed by atoms with Gasteiger partial charge in [0, 0.05) is 23.8 Å². The molecular weight excluding hydrogens is 704 g/mol. The first-order valence-electron chi connectivity index (χ1n) is 16.2. The first kappa shape index (κ1) is 37.5. The smallest absolute Gasteiger partial charge is 0.330 e. The number of carbonyl (C=O) groups is 1. The molecule has 2 saturated heterocycles. The zero-order valence-corrected chi connectivity index (χ0v) is 27.7. The second kappa shape index (κ2) is 15.4. The second-order valence-corrected chi connectivity index (χ2v) is 12.5. The van der Waals surface area contributed by atoms with Crippen molar-refractivity contribution in [3.8, 4) is 40.1 Å². The van der Waals surface area contributed by atoms with Crippen molar-refractivity contribution in [3.63, 3.8) is 0 Å². The number of benzene rings is 3. The summed E-state index contributed by atoms with van der Waals surface area (Å²) in [7, 11) is 0. The first-order valence-corrected chi connectivity index (χ1v) is 16.2. The molecule has 10 unspecified atom stereocenters. The molecule has 4 aromatic rings. The van der Waals surface area contributed by atoms with Crippen molar-refractivity contribution >= 4 is 23.0 Å². The molecule has 0 bridgehead atoms. The standard InChI is InChI=1S/C36H36O17/c1-15-26(42)29(45)31(47)35(49-15)53-34-30(46)27(43)23(14-48-24(41)11-4-16-2-7-18(37)8-3-16)51-36(34)52-33-28(44)25-21(40)12-20(39)13-22(25)50-32(33)17-5-9-19(38)10-6-17/h2-13,15,23,26-27,29-31,34-40,42-43,45-47H,14H2,1H3. The fourth-order valence-corrected chi connectivity index (χ4v) is 5.82. The van der Waals surface area contributed by atoms with Gasteiger partial charge in [0.1, 0.15) is 77.2 Å². The van der Waals surface area contributed by atoms with Gasteiger partial charge in [0.15, 0.2) is 18.2 Å². The zero-order valence-electron chi connectivity index (χ0n) is 27.7. The van der Waals surface area contributed by atoms with Crippen molar-refractivity contribution in [2.45, 2.75) is 68.3 Å². The number of hydrogen-bond acceptors (Lipinski definition) is 17. The number of phenols is 4. The molecule has 9 N–H and O–H groups in total. The predicted molar refractivity (Wildman–Crippen MR) is 180 cm³/mol. The maximum Gasteiger partial charge on any atom is 0.330 e. The van der Waals surface area contributed by atoms with Crippen LogP contribution in [0.1, 0.15) is 12.5 Å². The van der Waals surface area contributed by atoms with Crippen LogP contribution in [-0.4, -0.2) is 120 Å². The topological polar surface area (TPSA) is 275 Å². The Morgan fingerprint density at radius 3 is 2.11 bits per heavy atom. The number of hydrogen-bond donors (Lipinski definition) is 9. The van der Waals surface area contributed by atoms with E-state index in [4.69, 9.17) is 28.1 Å². The summed E-state index contributed by atoms with van der Waals surface area (Å²) in [5, 5.41) is 93.3. The normalized spacial score (nSPS) is 28.9. The highest BCUT2D eigenvalue weighted by atomic mass is 16.8. The van der Waals surface area contributed by atoms with Gasteiger partial charge in [-0.25, -0.2) is 4.79 Å². The number of ether oxygens (including phenoxy) is 5. The minimum atomic E-state index is -1.98. The largest absolute Gasteiger partial charge is 0.508 e. The Hall–Kier alpha value is -5.24. The van der Waals surface area contributed by atoms with Crippen molar-refractivity contribution in [2.75, 3.05) is 6.61 Å². The van der Waals surface area contributed by atoms with E-state index in [1.54, 1.807) is 0 Å². The van der Waals surface area contributed by atoms with Crippen LogP contribution in [0.3, 0.4) is 0 Å². The lowest BCUT2D eigenvalue weighted by atomic mass is 9.97. The first-order chi connectivity index (χ1) is 25.2. The number of aliphatic hydroxyl groups is 5. The van der Waals surface area contributed by atoms with E-state index in [9.17, 15) is 55.5 Å². The third-order valence-corrected chi connectivity index (χ3v) is 8.72. The molecule has 6 rings (SSSR count). The summed E-state index contributed by atoms with van der Waals surface area (Å²) in [5.41, 5.74) is -0.563. The van der Waals surface area contributed by atoms with E-state index in [2.05, 4.69) is 0 Å². The zero-order chi connectivity index (χ0) is 38.1. The van der Waals surface area contributed by atoms with Gasteiger partial charge in [-0.3, -0.25) is 4.79 Å². The highest BCUT2D eigenvalue weighted by Gasteiger charge is 2.51. The van der Waals surface area contributed by atoms with E-state index in [-0.39, 0.29) is 28.4 Å². The van der Waals surface area contributed by atoms with Gasteiger partial charge in [-0.2, -0.15) is 0 Å². The maximum absolute atomic E-state index is 14.0. The summed E-state index contributed by atoms with van der Waals surface area (Å²) in [4.78, 5) is 26.6. The molecule has 0 spiro atoms. The van der Waals surface area contributed by atoms with Gasteiger partial charge in [0.25, 0.3) is 0 Å². The average molecular weight is 741 g/mol. The molecule has 0 saturated carbocycles. The number of carbonyl (C=O) groups excluding carboxylic acids is 1. The number of aliphatic hydroxyl groups excluding tert-OH is 5. The van der Waals surface area contributed by atoms with Crippen LogP contribution in [0, 0.1) is 0 Å². The molecule has 17 heteroatoms. The van der Waals surface area contributed by atoms with Gasteiger partial charge in [0.2, 0.25) is 17.5 Å². The van der Waals surface area contributed by atoms with Gasteiger partial charge in [-0.05, 0) is 55.0 Å². The Balaban J connectivity index is 1.35. The van der Waals surface area contributed by atoms with Crippen molar-refractivity contribution < 1.29 is 78.9 Å². The Kier molecular flexibility index (Phi) is 10.9. The summed E-state index contributed by atoms with van der Waals surface area (Å²) in [6, 6.07) is 13.1. The highest BCUT2D eigenvalue weighted by Crippen LogP contribution is 2.38. The minimum Gasteiger partial charge on any atom is -0.508 e. The lowest BCUT2D eigenvalue weighted by Gasteiger charge is -2.45. The molecule has 2 aliphatic rings. The van der Waals surface area contributed by atoms with Gasteiger partial charge in [0.05, 0.1) is 6.10 Å². The summed E-state index contributed by atoms with van der Waals surface area (Å²) in [6.07, 6.45) is -14.7. The van der Waals surface area contributed by atoms with Crippen LogP contribution >= 0.6 is 0 Å². The van der Waals surface area contributed by atoms with E-state index in [0.29, 0.717) is 5.56 Å². The molecule has 53 heavy (non-hydrogen) atoms. The van der Waals surface area contributed by atoms with Crippen LogP contribution in [-0.2, 0) is 23.7 Å². The van der Waals surface area contributed by atoms with Crippen LogP contribution in [0.25, 0.3) is 28.4 Å². The average Bonchev–Trinajstić information content (AvgIpc) is 3.12. The van der Waals surface area contributed by atoms with Crippen molar-refractivity contribution in [1.82, 2.24) is 0 Å². The fourth-order valence-electron chi connectivity index (χ4n) is 5.82.